The van der Waals surface area contributed by atoms with Gasteiger partial charge in [-0.15, -0.1) is 0 Å². The number of nitrogens with one attached hydrogen (secondary N) is 1. The van der Waals surface area contributed by atoms with Gasteiger partial charge >= 0.3 is 6.09 Å². The van der Waals surface area contributed by atoms with Crippen molar-refractivity contribution in [1.82, 2.24) is 10.2 Å². The van der Waals surface area contributed by atoms with Crippen molar-refractivity contribution in [3.8, 4) is 11.1 Å². The van der Waals surface area contributed by atoms with Crippen molar-refractivity contribution >= 4 is 6.09 Å². The Balaban J connectivity index is 1.54. The van der Waals surface area contributed by atoms with Crippen LogP contribution < -0.4 is 5.32 Å². The topological polar surface area (TPSA) is 80.3 Å². The molecule has 3 aromatic carbocycles. The van der Waals surface area contributed by atoms with E-state index >= 15 is 0 Å². The fraction of sp³-hybridized carbons (Fsp3) is 0.543. The lowest BCUT2D eigenvalue weighted by Crippen LogP contribution is -2.45. The number of nitrogens with zero attached hydrogens (tertiary/aromatic N) is 1. The summed E-state index contributed by atoms with van der Waals surface area (Å²) in [4.78, 5) is 14.7. The van der Waals surface area contributed by atoms with Crippen molar-refractivity contribution in [2.75, 3.05) is 26.2 Å². The third kappa shape index (κ3) is 14.4. The molecule has 0 aliphatic carbocycles. The molecule has 0 unspecified atom stereocenters. The summed E-state index contributed by atoms with van der Waals surface area (Å²) in [6.45, 7) is 14.0. The summed E-state index contributed by atoms with van der Waals surface area (Å²) in [6.07, 6.45) is 15.9. The lowest BCUT2D eigenvalue weighted by atomic mass is 9.89. The SMILES string of the molecule is C=CCOC(=O)NCc1cccc(-c2cccc([C@H]3O[C@@H](CN(CCCCCCCC)CCCCCCCC)[C@@H](C)[C@@H](c4ccc(CO)cc4)O3)c2)c1. The monoisotopic (exact) mass is 726 g/mol. The molecule has 1 saturated heterocycles. The predicted molar refractivity (Wildman–Crippen MR) is 216 cm³/mol. The molecule has 290 valence electrons. The number of aliphatic hydroxyl groups excluding tert-OH is 1. The first kappa shape index (κ1) is 42.3. The largest absolute Gasteiger partial charge is 0.445 e. The molecule has 0 saturated carbocycles. The van der Waals surface area contributed by atoms with Crippen LogP contribution in [0.3, 0.4) is 0 Å². The van der Waals surface area contributed by atoms with Crippen LogP contribution in [0.4, 0.5) is 4.79 Å². The molecule has 0 radical (unpaired) electrons. The van der Waals surface area contributed by atoms with Crippen LogP contribution in [0, 0.1) is 5.92 Å². The van der Waals surface area contributed by atoms with E-state index in [1.807, 2.05) is 24.3 Å². The highest BCUT2D eigenvalue weighted by Gasteiger charge is 2.39. The summed E-state index contributed by atoms with van der Waals surface area (Å²) in [6, 6.07) is 24.8. The number of hydrogen-bond acceptors (Lipinski definition) is 6. The number of rotatable bonds is 24. The number of benzene rings is 3. The van der Waals surface area contributed by atoms with Gasteiger partial charge in [0.25, 0.3) is 0 Å². The minimum absolute atomic E-state index is 0.0182. The molecule has 53 heavy (non-hydrogen) atoms. The molecule has 4 rings (SSSR count). The Morgan fingerprint density at radius 2 is 1.42 bits per heavy atom. The highest BCUT2D eigenvalue weighted by Crippen LogP contribution is 2.42. The van der Waals surface area contributed by atoms with E-state index in [4.69, 9.17) is 14.2 Å². The van der Waals surface area contributed by atoms with E-state index in [2.05, 4.69) is 86.1 Å². The zero-order chi connectivity index (χ0) is 37.7. The Labute approximate surface area is 320 Å². The lowest BCUT2D eigenvalue weighted by Gasteiger charge is -2.43. The number of ether oxygens (including phenoxy) is 3. The maximum atomic E-state index is 12.0. The van der Waals surface area contributed by atoms with Crippen molar-refractivity contribution in [2.45, 2.75) is 129 Å². The second-order valence-corrected chi connectivity index (χ2v) is 14.7. The van der Waals surface area contributed by atoms with Crippen LogP contribution in [-0.4, -0.2) is 48.4 Å². The van der Waals surface area contributed by atoms with Gasteiger partial charge in [0.05, 0.1) is 18.8 Å². The Hall–Kier alpha value is -3.49. The first-order valence-corrected chi connectivity index (χ1v) is 20.4. The van der Waals surface area contributed by atoms with E-state index in [0.717, 1.165) is 53.0 Å². The van der Waals surface area contributed by atoms with Gasteiger partial charge in [0.15, 0.2) is 6.29 Å². The van der Waals surface area contributed by atoms with Crippen LogP contribution in [0.2, 0.25) is 0 Å². The predicted octanol–water partition coefficient (Wildman–Crippen LogP) is 11.1. The van der Waals surface area contributed by atoms with Crippen LogP contribution >= 0.6 is 0 Å². The maximum Gasteiger partial charge on any atom is 0.407 e. The van der Waals surface area contributed by atoms with Crippen LogP contribution in [0.5, 0.6) is 0 Å². The minimum Gasteiger partial charge on any atom is -0.445 e. The molecule has 0 spiro atoms. The molecule has 3 aromatic rings. The molecule has 7 heteroatoms. The number of hydrogen-bond donors (Lipinski definition) is 2. The van der Waals surface area contributed by atoms with Gasteiger partial charge in [0, 0.05) is 24.6 Å². The summed E-state index contributed by atoms with van der Waals surface area (Å²) in [7, 11) is 0. The zero-order valence-corrected chi connectivity index (χ0v) is 32.8. The molecular formula is C46H66N2O5. The Bertz CT molecular complexity index is 1460. The Morgan fingerprint density at radius 3 is 2.06 bits per heavy atom. The van der Waals surface area contributed by atoms with E-state index in [-0.39, 0.29) is 31.3 Å². The van der Waals surface area contributed by atoms with E-state index < -0.39 is 12.4 Å². The first-order valence-electron chi connectivity index (χ1n) is 20.4. The Morgan fingerprint density at radius 1 is 0.792 bits per heavy atom. The lowest BCUT2D eigenvalue weighted by molar-refractivity contribution is -0.276. The zero-order valence-electron chi connectivity index (χ0n) is 32.8. The number of alkyl carbamates (subject to hydrolysis) is 1. The van der Waals surface area contributed by atoms with Gasteiger partial charge in [-0.2, -0.15) is 0 Å². The molecule has 1 aliphatic rings. The molecular weight excluding hydrogens is 661 g/mol. The third-order valence-corrected chi connectivity index (χ3v) is 10.4. The fourth-order valence-corrected chi connectivity index (χ4v) is 7.19. The number of unbranched alkanes of at least 4 members (excludes halogenated alkanes) is 10. The molecule has 1 fully saturated rings. The van der Waals surface area contributed by atoms with Crippen molar-refractivity contribution in [3.63, 3.8) is 0 Å². The quantitative estimate of drug-likeness (QED) is 0.0707. The van der Waals surface area contributed by atoms with Gasteiger partial charge in [-0.05, 0) is 65.9 Å². The van der Waals surface area contributed by atoms with Gasteiger partial charge in [0.2, 0.25) is 0 Å². The molecule has 2 N–H and O–H groups in total. The highest BCUT2D eigenvalue weighted by atomic mass is 16.7. The summed E-state index contributed by atoms with van der Waals surface area (Å²) in [5, 5.41) is 12.5. The maximum absolute atomic E-state index is 12.0. The summed E-state index contributed by atoms with van der Waals surface area (Å²) in [5.41, 5.74) is 6.05. The number of carbonyl (C=O) groups is 1. The van der Waals surface area contributed by atoms with Crippen LogP contribution in [-0.2, 0) is 27.4 Å². The second kappa shape index (κ2) is 24.0. The van der Waals surface area contributed by atoms with E-state index in [1.165, 1.54) is 77.0 Å². The summed E-state index contributed by atoms with van der Waals surface area (Å²) < 4.78 is 18.9. The minimum atomic E-state index is -0.534. The number of amides is 1. The van der Waals surface area contributed by atoms with Crippen molar-refractivity contribution in [3.05, 3.63) is 108 Å². The van der Waals surface area contributed by atoms with E-state index in [0.29, 0.717) is 6.54 Å². The summed E-state index contributed by atoms with van der Waals surface area (Å²) >= 11 is 0. The van der Waals surface area contributed by atoms with Gasteiger partial charge in [0.1, 0.15) is 6.61 Å². The Kier molecular flexibility index (Phi) is 19.2. The van der Waals surface area contributed by atoms with Gasteiger partial charge in [-0.3, -0.25) is 0 Å². The van der Waals surface area contributed by atoms with Gasteiger partial charge in [-0.1, -0.05) is 158 Å². The third-order valence-electron chi connectivity index (χ3n) is 10.4. The highest BCUT2D eigenvalue weighted by molar-refractivity contribution is 5.68. The van der Waals surface area contributed by atoms with Crippen LogP contribution in [0.1, 0.15) is 132 Å². The summed E-state index contributed by atoms with van der Waals surface area (Å²) in [5.74, 6) is 0.133. The molecule has 7 nitrogen and oxygen atoms in total. The molecule has 1 amide bonds. The molecule has 4 atom stereocenters. The molecule has 0 bridgehead atoms. The van der Waals surface area contributed by atoms with E-state index in [1.54, 1.807) is 6.08 Å². The average molecular weight is 727 g/mol. The van der Waals surface area contributed by atoms with Crippen molar-refractivity contribution < 1.29 is 24.1 Å². The van der Waals surface area contributed by atoms with E-state index in [9.17, 15) is 9.90 Å². The smallest absolute Gasteiger partial charge is 0.407 e. The number of carbonyl (C=O) groups excluding carboxylic acids is 1. The van der Waals surface area contributed by atoms with Crippen LogP contribution in [0.25, 0.3) is 11.1 Å². The average Bonchev–Trinajstić information content (AvgIpc) is 3.19. The number of aliphatic hydroxyl groups is 1. The molecule has 0 aromatic heterocycles. The molecule has 1 heterocycles. The first-order chi connectivity index (χ1) is 25.9. The van der Waals surface area contributed by atoms with Gasteiger partial charge in [-0.25, -0.2) is 4.79 Å². The fourth-order valence-electron chi connectivity index (χ4n) is 7.19. The van der Waals surface area contributed by atoms with Crippen molar-refractivity contribution in [2.24, 2.45) is 5.92 Å². The van der Waals surface area contributed by atoms with Crippen LogP contribution in [0.15, 0.2) is 85.5 Å². The van der Waals surface area contributed by atoms with Crippen molar-refractivity contribution in [1.29, 1.82) is 0 Å². The standard InChI is InChI=1S/C46H66N2O5/c1-5-8-10-12-14-16-28-48(29-17-15-13-11-9-6-2)34-43-36(4)44(39-26-24-37(35-49)25-27-39)53-45(52-43)42-23-19-22-41(32-42)40-21-18-20-38(31-40)33-47-46(50)51-30-7-3/h7,18-27,31-32,36,43-45,49H,3,5-6,8-17,28-30,33-35H2,1-2,4H3,(H,47,50)/t36-,43+,44+,45+/m1/s1. The molecule has 1 aliphatic heterocycles. The normalized spacial score (nSPS) is 18.6. The second-order valence-electron chi connectivity index (χ2n) is 14.7. The van der Waals surface area contributed by atoms with Gasteiger partial charge < -0.3 is 29.5 Å².